The van der Waals surface area contributed by atoms with Crippen molar-refractivity contribution >= 4 is 16.9 Å². The molecule has 1 atom stereocenters. The number of rotatable bonds is 3. The van der Waals surface area contributed by atoms with E-state index in [-0.39, 0.29) is 5.41 Å². The zero-order valence-corrected chi connectivity index (χ0v) is 12.9. The van der Waals surface area contributed by atoms with E-state index in [0.717, 1.165) is 36.9 Å². The topological polar surface area (TPSA) is 75.0 Å². The Bertz CT molecular complexity index is 733. The molecule has 1 amide bonds. The van der Waals surface area contributed by atoms with E-state index in [2.05, 4.69) is 16.8 Å². The fourth-order valence-corrected chi connectivity index (χ4v) is 3.77. The first kappa shape index (κ1) is 13.8. The Balaban J connectivity index is 1.69. The Labute approximate surface area is 129 Å². The summed E-state index contributed by atoms with van der Waals surface area (Å²) in [5, 5.41) is 0. The zero-order valence-electron chi connectivity index (χ0n) is 12.9. The van der Waals surface area contributed by atoms with E-state index >= 15 is 0 Å². The molecule has 1 aromatic carbocycles. The predicted molar refractivity (Wildman–Crippen MR) is 85.8 cm³/mol. The molecule has 116 valence electrons. The maximum Gasteiger partial charge on any atom is 0.250 e. The summed E-state index contributed by atoms with van der Waals surface area (Å²) in [5.41, 5.74) is 7.59. The lowest BCUT2D eigenvalue weighted by Crippen LogP contribution is -2.40. The van der Waals surface area contributed by atoms with Gasteiger partial charge in [-0.1, -0.05) is 19.4 Å². The van der Waals surface area contributed by atoms with Crippen LogP contribution in [-0.4, -0.2) is 39.9 Å². The maximum absolute atomic E-state index is 11.6. The molecule has 5 nitrogen and oxygen atoms in total. The number of carbonyl (C=O) groups excluding carboxylic acids is 1. The zero-order chi connectivity index (χ0) is 15.3. The molecule has 2 heterocycles. The van der Waals surface area contributed by atoms with Crippen LogP contribution in [0, 0.1) is 0 Å². The molecule has 0 bridgehead atoms. The number of benzene rings is 1. The standard InChI is InChI=1S/C17H22N4O/c1-17(8-9-21(10-17)11-4-2-5-11)16-19-13-7-3-6-12(15(18)22)14(13)20-16/h3,6-7,11H,2,4-5,8-10H2,1H3,(H2,18,22)(H,19,20). The van der Waals surface area contributed by atoms with Crippen molar-refractivity contribution in [3.8, 4) is 0 Å². The predicted octanol–water partition coefficient (Wildman–Crippen LogP) is 2.18. The van der Waals surface area contributed by atoms with Gasteiger partial charge in [0.25, 0.3) is 5.91 Å². The van der Waals surface area contributed by atoms with Gasteiger partial charge < -0.3 is 10.7 Å². The van der Waals surface area contributed by atoms with Crippen molar-refractivity contribution in [2.75, 3.05) is 13.1 Å². The summed E-state index contributed by atoms with van der Waals surface area (Å²) in [4.78, 5) is 22.3. The van der Waals surface area contributed by atoms with Gasteiger partial charge in [-0.2, -0.15) is 0 Å². The number of aromatic nitrogens is 2. The third-order valence-electron chi connectivity index (χ3n) is 5.44. The highest BCUT2D eigenvalue weighted by molar-refractivity contribution is 6.04. The van der Waals surface area contributed by atoms with Gasteiger partial charge in [0, 0.05) is 18.0 Å². The smallest absolute Gasteiger partial charge is 0.250 e. The molecule has 0 spiro atoms. The van der Waals surface area contributed by atoms with Crippen molar-refractivity contribution in [1.29, 1.82) is 0 Å². The number of nitrogens with one attached hydrogen (secondary N) is 1. The van der Waals surface area contributed by atoms with E-state index in [0.29, 0.717) is 11.1 Å². The van der Waals surface area contributed by atoms with E-state index in [1.54, 1.807) is 6.07 Å². The van der Waals surface area contributed by atoms with Crippen molar-refractivity contribution in [2.24, 2.45) is 5.73 Å². The second kappa shape index (κ2) is 4.81. The highest BCUT2D eigenvalue weighted by Crippen LogP contribution is 2.38. The minimum atomic E-state index is -0.420. The Kier molecular flexibility index (Phi) is 3.01. The minimum absolute atomic E-state index is 0.0313. The second-order valence-corrected chi connectivity index (χ2v) is 7.02. The van der Waals surface area contributed by atoms with Gasteiger partial charge in [0.1, 0.15) is 11.3 Å². The number of nitrogens with zero attached hydrogens (tertiary/aromatic N) is 2. The average molecular weight is 298 g/mol. The fourth-order valence-electron chi connectivity index (χ4n) is 3.77. The molecule has 1 saturated heterocycles. The summed E-state index contributed by atoms with van der Waals surface area (Å²) in [6.45, 7) is 4.46. The van der Waals surface area contributed by atoms with E-state index < -0.39 is 5.91 Å². The number of hydrogen-bond acceptors (Lipinski definition) is 3. The van der Waals surface area contributed by atoms with Crippen LogP contribution in [0.5, 0.6) is 0 Å². The monoisotopic (exact) mass is 298 g/mol. The highest BCUT2D eigenvalue weighted by atomic mass is 16.1. The van der Waals surface area contributed by atoms with Crippen molar-refractivity contribution in [3.05, 3.63) is 29.6 Å². The van der Waals surface area contributed by atoms with Crippen LogP contribution in [0.4, 0.5) is 0 Å². The summed E-state index contributed by atoms with van der Waals surface area (Å²) in [6, 6.07) is 6.32. The van der Waals surface area contributed by atoms with Crippen LogP contribution in [0.2, 0.25) is 0 Å². The largest absolute Gasteiger partial charge is 0.366 e. The van der Waals surface area contributed by atoms with Crippen LogP contribution >= 0.6 is 0 Å². The summed E-state index contributed by atoms with van der Waals surface area (Å²) in [6.07, 6.45) is 5.14. The summed E-state index contributed by atoms with van der Waals surface area (Å²) in [7, 11) is 0. The Morgan fingerprint density at radius 3 is 2.95 bits per heavy atom. The van der Waals surface area contributed by atoms with E-state index in [4.69, 9.17) is 10.7 Å². The number of carbonyl (C=O) groups is 1. The first-order chi connectivity index (χ1) is 10.6. The maximum atomic E-state index is 11.6. The lowest BCUT2D eigenvalue weighted by molar-refractivity contribution is 0.100. The van der Waals surface area contributed by atoms with E-state index in [1.165, 1.54) is 19.3 Å². The van der Waals surface area contributed by atoms with Gasteiger partial charge in [0.2, 0.25) is 0 Å². The molecule has 0 radical (unpaired) electrons. The number of H-pyrrole nitrogens is 1. The molecule has 2 aromatic rings. The van der Waals surface area contributed by atoms with Gasteiger partial charge in [-0.15, -0.1) is 0 Å². The number of nitrogens with two attached hydrogens (primary N) is 1. The molecule has 3 N–H and O–H groups in total. The number of amides is 1. The number of hydrogen-bond donors (Lipinski definition) is 2. The third-order valence-corrected chi connectivity index (χ3v) is 5.44. The van der Waals surface area contributed by atoms with Gasteiger partial charge in [0.05, 0.1) is 11.1 Å². The highest BCUT2D eigenvalue weighted by Gasteiger charge is 2.41. The van der Waals surface area contributed by atoms with Crippen molar-refractivity contribution in [3.63, 3.8) is 0 Å². The fraction of sp³-hybridized carbons (Fsp3) is 0.529. The second-order valence-electron chi connectivity index (χ2n) is 7.02. The van der Waals surface area contributed by atoms with Crippen molar-refractivity contribution in [1.82, 2.24) is 14.9 Å². The summed E-state index contributed by atoms with van der Waals surface area (Å²) >= 11 is 0. The molecule has 5 heteroatoms. The molecule has 1 aliphatic heterocycles. The molecule has 1 unspecified atom stereocenters. The number of imidazole rings is 1. The Hall–Kier alpha value is -1.88. The quantitative estimate of drug-likeness (QED) is 0.912. The molecular weight excluding hydrogens is 276 g/mol. The number of likely N-dealkylation sites (tertiary alicyclic amines) is 1. The Morgan fingerprint density at radius 2 is 2.27 bits per heavy atom. The van der Waals surface area contributed by atoms with Crippen molar-refractivity contribution in [2.45, 2.75) is 44.1 Å². The van der Waals surface area contributed by atoms with Gasteiger partial charge in [0.15, 0.2) is 0 Å². The first-order valence-corrected chi connectivity index (χ1v) is 8.10. The molecule has 1 saturated carbocycles. The van der Waals surface area contributed by atoms with Crippen LogP contribution in [0.3, 0.4) is 0 Å². The Morgan fingerprint density at radius 1 is 1.45 bits per heavy atom. The van der Waals surface area contributed by atoms with Crippen LogP contribution in [0.1, 0.15) is 48.8 Å². The van der Waals surface area contributed by atoms with Gasteiger partial charge in [-0.05, 0) is 37.9 Å². The lowest BCUT2D eigenvalue weighted by Gasteiger charge is -2.35. The van der Waals surface area contributed by atoms with Gasteiger partial charge >= 0.3 is 0 Å². The molecule has 2 aliphatic rings. The van der Waals surface area contributed by atoms with Gasteiger partial charge in [-0.25, -0.2) is 4.98 Å². The number of para-hydroxylation sites is 1. The summed E-state index contributed by atoms with van der Waals surface area (Å²) < 4.78 is 0. The van der Waals surface area contributed by atoms with Gasteiger partial charge in [-0.3, -0.25) is 9.69 Å². The third kappa shape index (κ3) is 2.03. The number of fused-ring (bicyclic) bond motifs is 1. The minimum Gasteiger partial charge on any atom is -0.366 e. The molecular formula is C17H22N4O. The normalized spacial score (nSPS) is 26.4. The van der Waals surface area contributed by atoms with E-state index in [9.17, 15) is 4.79 Å². The average Bonchev–Trinajstić information content (AvgIpc) is 3.01. The van der Waals surface area contributed by atoms with Crippen LogP contribution in [0.15, 0.2) is 18.2 Å². The molecule has 2 fully saturated rings. The first-order valence-electron chi connectivity index (χ1n) is 8.10. The molecule has 4 rings (SSSR count). The van der Waals surface area contributed by atoms with Crippen LogP contribution < -0.4 is 5.73 Å². The lowest BCUT2D eigenvalue weighted by atomic mass is 9.88. The molecule has 1 aromatic heterocycles. The van der Waals surface area contributed by atoms with Crippen LogP contribution in [-0.2, 0) is 5.41 Å². The number of primary amides is 1. The SMILES string of the molecule is CC1(c2nc3c(C(N)=O)cccc3[nH]2)CCN(C2CCC2)C1. The number of aromatic amines is 1. The van der Waals surface area contributed by atoms with Crippen LogP contribution in [0.25, 0.3) is 11.0 Å². The van der Waals surface area contributed by atoms with E-state index in [1.807, 2.05) is 12.1 Å². The van der Waals surface area contributed by atoms with Crippen molar-refractivity contribution < 1.29 is 4.79 Å². The summed E-state index contributed by atoms with van der Waals surface area (Å²) in [5.74, 6) is 0.564. The molecule has 1 aliphatic carbocycles. The molecule has 22 heavy (non-hydrogen) atoms.